The molecule has 5 heteroatoms. The van der Waals surface area contributed by atoms with Crippen molar-refractivity contribution in [2.45, 2.75) is 38.0 Å². The number of methoxy groups -OCH3 is 1. The molecule has 2 aliphatic rings. The molecule has 0 amide bonds. The van der Waals surface area contributed by atoms with Gasteiger partial charge in [0.25, 0.3) is 0 Å². The van der Waals surface area contributed by atoms with Crippen LogP contribution in [0.4, 0.5) is 4.39 Å². The third-order valence-electron chi connectivity index (χ3n) is 7.30. The van der Waals surface area contributed by atoms with E-state index < -0.39 is 11.9 Å². The normalized spacial score (nSPS) is 19.0. The van der Waals surface area contributed by atoms with Crippen LogP contribution in [-0.4, -0.2) is 24.8 Å². The minimum atomic E-state index is -0.740. The van der Waals surface area contributed by atoms with Crippen LogP contribution in [0, 0.1) is 17.7 Å². The molecule has 4 nitrogen and oxygen atoms in total. The van der Waals surface area contributed by atoms with E-state index in [2.05, 4.69) is 6.07 Å². The van der Waals surface area contributed by atoms with Crippen molar-refractivity contribution in [2.75, 3.05) is 13.7 Å². The number of hydrogen-bond donors (Lipinski definition) is 1. The number of ether oxygens (including phenoxy) is 2. The van der Waals surface area contributed by atoms with E-state index in [1.54, 1.807) is 19.2 Å². The fraction of sp³-hybridized carbons (Fsp3) is 0.345. The van der Waals surface area contributed by atoms with Gasteiger partial charge in [-0.25, -0.2) is 4.39 Å². The first kappa shape index (κ1) is 22.5. The van der Waals surface area contributed by atoms with Gasteiger partial charge >= 0.3 is 5.97 Å². The van der Waals surface area contributed by atoms with Crippen LogP contribution in [0.2, 0.25) is 0 Å². The number of carboxylic acid groups (broad SMARTS) is 1. The zero-order valence-corrected chi connectivity index (χ0v) is 19.5. The molecule has 5 rings (SSSR count). The predicted octanol–water partition coefficient (Wildman–Crippen LogP) is 6.43. The molecular weight excluding hydrogens is 431 g/mol. The molecule has 1 aliphatic heterocycles. The van der Waals surface area contributed by atoms with Crippen LogP contribution in [0.25, 0.3) is 11.1 Å². The number of benzene rings is 3. The molecule has 3 aromatic carbocycles. The lowest BCUT2D eigenvalue weighted by Gasteiger charge is -2.28. The summed E-state index contributed by atoms with van der Waals surface area (Å²) in [4.78, 5) is 11.7. The van der Waals surface area contributed by atoms with Crippen molar-refractivity contribution in [1.29, 1.82) is 0 Å². The lowest BCUT2D eigenvalue weighted by Crippen LogP contribution is -2.22. The third-order valence-corrected chi connectivity index (χ3v) is 7.30. The molecule has 34 heavy (non-hydrogen) atoms. The first-order valence-electron chi connectivity index (χ1n) is 11.9. The molecule has 0 bridgehead atoms. The van der Waals surface area contributed by atoms with Gasteiger partial charge in [0.1, 0.15) is 17.3 Å². The number of fused-ring (bicyclic) bond motifs is 1. The lowest BCUT2D eigenvalue weighted by molar-refractivity contribution is -0.142. The summed E-state index contributed by atoms with van der Waals surface area (Å²) in [5, 5.41) is 9.62. The highest BCUT2D eigenvalue weighted by atomic mass is 19.1. The van der Waals surface area contributed by atoms with Gasteiger partial charge in [-0.1, -0.05) is 43.3 Å². The summed E-state index contributed by atoms with van der Waals surface area (Å²) >= 11 is 0. The fourth-order valence-corrected chi connectivity index (χ4v) is 5.20. The van der Waals surface area contributed by atoms with Crippen LogP contribution in [0.3, 0.4) is 0 Å². The molecule has 1 aliphatic carbocycles. The van der Waals surface area contributed by atoms with Crippen LogP contribution in [0.5, 0.6) is 11.5 Å². The molecule has 176 valence electrons. The Kier molecular flexibility index (Phi) is 6.03. The van der Waals surface area contributed by atoms with E-state index in [1.165, 1.54) is 6.07 Å². The summed E-state index contributed by atoms with van der Waals surface area (Å²) in [6, 6.07) is 18.9. The van der Waals surface area contributed by atoms with Crippen LogP contribution in [0.1, 0.15) is 48.3 Å². The molecule has 0 spiro atoms. The van der Waals surface area contributed by atoms with Crippen LogP contribution in [-0.2, 0) is 11.2 Å². The summed E-state index contributed by atoms with van der Waals surface area (Å²) < 4.78 is 25.7. The molecule has 0 aromatic heterocycles. The van der Waals surface area contributed by atoms with Gasteiger partial charge in [0.2, 0.25) is 0 Å². The van der Waals surface area contributed by atoms with Crippen molar-refractivity contribution in [3.8, 4) is 22.6 Å². The summed E-state index contributed by atoms with van der Waals surface area (Å²) in [7, 11) is 1.57. The van der Waals surface area contributed by atoms with E-state index in [1.807, 2.05) is 43.3 Å². The number of halogens is 1. The predicted molar refractivity (Wildman–Crippen MR) is 129 cm³/mol. The summed E-state index contributed by atoms with van der Waals surface area (Å²) in [6.45, 7) is 2.40. The van der Waals surface area contributed by atoms with Gasteiger partial charge in [-0.15, -0.1) is 0 Å². The second-order valence-corrected chi connectivity index (χ2v) is 9.54. The van der Waals surface area contributed by atoms with Crippen LogP contribution >= 0.6 is 0 Å². The van der Waals surface area contributed by atoms with Gasteiger partial charge < -0.3 is 14.6 Å². The minimum absolute atomic E-state index is 0.0419. The molecule has 0 saturated heterocycles. The largest absolute Gasteiger partial charge is 0.497 e. The Bertz CT molecular complexity index is 1200. The van der Waals surface area contributed by atoms with E-state index in [9.17, 15) is 14.3 Å². The van der Waals surface area contributed by atoms with E-state index in [4.69, 9.17) is 9.47 Å². The molecule has 1 N–H and O–H groups in total. The van der Waals surface area contributed by atoms with Gasteiger partial charge in [0.15, 0.2) is 0 Å². The van der Waals surface area contributed by atoms with Crippen molar-refractivity contribution in [1.82, 2.24) is 0 Å². The van der Waals surface area contributed by atoms with Gasteiger partial charge in [-0.05, 0) is 77.6 Å². The Morgan fingerprint density at radius 3 is 2.53 bits per heavy atom. The number of rotatable bonds is 7. The van der Waals surface area contributed by atoms with Gasteiger partial charge in [-0.2, -0.15) is 0 Å². The Labute approximate surface area is 199 Å². The second kappa shape index (κ2) is 9.13. The number of hydrogen-bond acceptors (Lipinski definition) is 3. The quantitative estimate of drug-likeness (QED) is 0.441. The van der Waals surface area contributed by atoms with Crippen LogP contribution in [0.15, 0.2) is 60.7 Å². The molecule has 3 aromatic rings. The maximum absolute atomic E-state index is 14.4. The Hall–Kier alpha value is -3.34. The molecule has 1 fully saturated rings. The van der Waals surface area contributed by atoms with Crippen molar-refractivity contribution in [3.05, 3.63) is 83.2 Å². The Morgan fingerprint density at radius 1 is 1.09 bits per heavy atom. The summed E-state index contributed by atoms with van der Waals surface area (Å²) in [6.07, 6.45) is 3.02. The number of aliphatic carboxylic acids is 1. The highest BCUT2D eigenvalue weighted by Gasteiger charge is 2.39. The average Bonchev–Trinajstić information content (AvgIpc) is 3.69. The zero-order valence-electron chi connectivity index (χ0n) is 19.5. The summed E-state index contributed by atoms with van der Waals surface area (Å²) in [5.74, 6) is 0.754. The molecule has 3 unspecified atom stereocenters. The van der Waals surface area contributed by atoms with Crippen molar-refractivity contribution in [2.24, 2.45) is 11.8 Å². The monoisotopic (exact) mass is 460 g/mol. The van der Waals surface area contributed by atoms with Crippen molar-refractivity contribution >= 4 is 5.97 Å². The maximum atomic E-state index is 14.4. The molecule has 1 heterocycles. The number of carboxylic acids is 1. The van der Waals surface area contributed by atoms with Gasteiger partial charge in [-0.3, -0.25) is 4.79 Å². The van der Waals surface area contributed by atoms with E-state index in [-0.39, 0.29) is 17.7 Å². The Morgan fingerprint density at radius 2 is 1.85 bits per heavy atom. The van der Waals surface area contributed by atoms with Crippen molar-refractivity contribution < 1.29 is 23.8 Å². The van der Waals surface area contributed by atoms with E-state index >= 15 is 0 Å². The standard InChI is InChI=1S/C29H29FO4/c1-17(29(31)32)28(20-7-8-20)21-9-12-27-22(13-21)14-23(16-34-27)18-3-5-19(6-4-18)25-15-24(33-2)10-11-26(25)30/h3-6,9-13,15,17,20,23,28H,7-8,14,16H2,1-2H3,(H,31,32). The maximum Gasteiger partial charge on any atom is 0.306 e. The van der Waals surface area contributed by atoms with E-state index in [0.717, 1.165) is 47.3 Å². The number of carbonyl (C=O) groups is 1. The molecular formula is C29H29FO4. The molecule has 1 saturated carbocycles. The smallest absolute Gasteiger partial charge is 0.306 e. The third kappa shape index (κ3) is 4.39. The van der Waals surface area contributed by atoms with Gasteiger partial charge in [0, 0.05) is 11.5 Å². The van der Waals surface area contributed by atoms with E-state index in [0.29, 0.717) is 23.8 Å². The van der Waals surface area contributed by atoms with Crippen molar-refractivity contribution in [3.63, 3.8) is 0 Å². The minimum Gasteiger partial charge on any atom is -0.497 e. The summed E-state index contributed by atoms with van der Waals surface area (Å²) in [5.41, 5.74) is 4.68. The van der Waals surface area contributed by atoms with Crippen LogP contribution < -0.4 is 9.47 Å². The average molecular weight is 461 g/mol. The molecule has 0 radical (unpaired) electrons. The SMILES string of the molecule is COc1ccc(F)c(-c2ccc(C3COc4ccc(C(C5CC5)C(C)C(=O)O)cc4C3)cc2)c1. The topological polar surface area (TPSA) is 55.8 Å². The zero-order chi connectivity index (χ0) is 23.8. The lowest BCUT2D eigenvalue weighted by atomic mass is 9.81. The first-order chi connectivity index (χ1) is 16.4. The highest BCUT2D eigenvalue weighted by molar-refractivity contribution is 5.71. The molecule has 3 atom stereocenters. The fourth-order valence-electron chi connectivity index (χ4n) is 5.20. The first-order valence-corrected chi connectivity index (χ1v) is 11.9. The second-order valence-electron chi connectivity index (χ2n) is 9.54. The highest BCUT2D eigenvalue weighted by Crippen LogP contribution is 2.48. The van der Waals surface area contributed by atoms with Gasteiger partial charge in [0.05, 0.1) is 19.6 Å². The Balaban J connectivity index is 1.37.